The molecule has 2 fully saturated rings. The molecule has 0 spiro atoms. The number of pyridine rings is 1. The topological polar surface area (TPSA) is 98.5 Å². The molecule has 2 N–H and O–H groups in total. The molecule has 0 atom stereocenters. The third-order valence-electron chi connectivity index (χ3n) is 5.60. The molecule has 8 heteroatoms. The van der Waals surface area contributed by atoms with Crippen LogP contribution >= 0.6 is 0 Å². The average molecular weight is 420 g/mol. The number of aromatic nitrogens is 3. The predicted molar refractivity (Wildman–Crippen MR) is 114 cm³/mol. The molecule has 2 aliphatic rings. The van der Waals surface area contributed by atoms with Gasteiger partial charge in [-0.15, -0.1) is 0 Å². The van der Waals surface area contributed by atoms with Gasteiger partial charge in [0.2, 0.25) is 0 Å². The van der Waals surface area contributed by atoms with E-state index in [4.69, 9.17) is 14.6 Å². The van der Waals surface area contributed by atoms with E-state index in [2.05, 4.69) is 10.3 Å². The molecular formula is C23H24N4O4. The molecule has 5 rings (SSSR count). The van der Waals surface area contributed by atoms with Crippen molar-refractivity contribution < 1.29 is 19.4 Å². The highest BCUT2D eigenvalue weighted by molar-refractivity contribution is 5.89. The van der Waals surface area contributed by atoms with E-state index in [1.54, 1.807) is 42.6 Å². The van der Waals surface area contributed by atoms with Crippen LogP contribution in [0.1, 0.15) is 53.7 Å². The summed E-state index contributed by atoms with van der Waals surface area (Å²) in [7, 11) is 0. The van der Waals surface area contributed by atoms with Gasteiger partial charge in [0.1, 0.15) is 17.3 Å². The SMILES string of the molecule is O=C(O)c1cccc(Nc2cc(Oc3cn(C4CC4)nc3C3CCOCC3)ccn2)c1. The summed E-state index contributed by atoms with van der Waals surface area (Å²) in [5.41, 5.74) is 1.86. The first-order valence-electron chi connectivity index (χ1n) is 10.6. The van der Waals surface area contributed by atoms with Crippen LogP contribution in [0.3, 0.4) is 0 Å². The highest BCUT2D eigenvalue weighted by Crippen LogP contribution is 2.40. The summed E-state index contributed by atoms with van der Waals surface area (Å²) in [6.07, 6.45) is 7.88. The van der Waals surface area contributed by atoms with E-state index in [1.165, 1.54) is 0 Å². The number of aromatic carboxylic acids is 1. The Morgan fingerprint density at radius 3 is 2.77 bits per heavy atom. The Morgan fingerprint density at radius 1 is 1.16 bits per heavy atom. The molecule has 1 aliphatic heterocycles. The maximum atomic E-state index is 11.2. The molecule has 31 heavy (non-hydrogen) atoms. The molecule has 1 saturated heterocycles. The van der Waals surface area contributed by atoms with Crippen LogP contribution in [0.2, 0.25) is 0 Å². The van der Waals surface area contributed by atoms with Gasteiger partial charge in [0, 0.05) is 37.1 Å². The van der Waals surface area contributed by atoms with Crippen LogP contribution in [0.5, 0.6) is 11.5 Å². The first-order valence-corrected chi connectivity index (χ1v) is 10.6. The van der Waals surface area contributed by atoms with E-state index in [9.17, 15) is 9.90 Å². The Morgan fingerprint density at radius 2 is 2.00 bits per heavy atom. The average Bonchev–Trinajstić information content (AvgIpc) is 3.55. The number of hydrogen-bond donors (Lipinski definition) is 2. The van der Waals surface area contributed by atoms with Gasteiger partial charge < -0.3 is 19.9 Å². The van der Waals surface area contributed by atoms with E-state index in [0.717, 1.165) is 50.3 Å². The van der Waals surface area contributed by atoms with Gasteiger partial charge in [-0.05, 0) is 49.9 Å². The van der Waals surface area contributed by atoms with Crippen molar-refractivity contribution in [2.24, 2.45) is 0 Å². The second-order valence-corrected chi connectivity index (χ2v) is 7.97. The van der Waals surface area contributed by atoms with Crippen molar-refractivity contribution in [3.8, 4) is 11.5 Å². The number of carboxylic acids is 1. The lowest BCUT2D eigenvalue weighted by atomic mass is 9.96. The fourth-order valence-corrected chi connectivity index (χ4v) is 3.80. The summed E-state index contributed by atoms with van der Waals surface area (Å²) < 4.78 is 13.8. The summed E-state index contributed by atoms with van der Waals surface area (Å²) in [5, 5.41) is 17.2. The van der Waals surface area contributed by atoms with E-state index in [0.29, 0.717) is 29.2 Å². The molecule has 8 nitrogen and oxygen atoms in total. The number of nitrogens with one attached hydrogen (secondary N) is 1. The molecule has 2 aromatic heterocycles. The molecule has 3 aromatic rings. The quantitative estimate of drug-likeness (QED) is 0.569. The molecule has 0 unspecified atom stereocenters. The van der Waals surface area contributed by atoms with E-state index in [-0.39, 0.29) is 5.56 Å². The maximum absolute atomic E-state index is 11.2. The Balaban J connectivity index is 1.37. The lowest BCUT2D eigenvalue weighted by molar-refractivity contribution is 0.0697. The van der Waals surface area contributed by atoms with Crippen molar-refractivity contribution >= 4 is 17.5 Å². The molecule has 3 heterocycles. The fraction of sp³-hybridized carbons (Fsp3) is 0.348. The van der Waals surface area contributed by atoms with Gasteiger partial charge in [-0.2, -0.15) is 5.10 Å². The fourth-order valence-electron chi connectivity index (χ4n) is 3.80. The van der Waals surface area contributed by atoms with Crippen LogP contribution in [-0.2, 0) is 4.74 Å². The minimum Gasteiger partial charge on any atom is -0.478 e. The number of rotatable bonds is 7. The standard InChI is InChI=1S/C23H24N4O4/c28-23(29)16-2-1-3-17(12-16)25-21-13-19(6-9-24-21)31-20-14-27(18-4-5-18)26-22(20)15-7-10-30-11-8-15/h1-3,6,9,12-15,18H,4-5,7-8,10-11H2,(H,24,25)(H,28,29). The third-order valence-corrected chi connectivity index (χ3v) is 5.60. The minimum atomic E-state index is -0.970. The number of hydrogen-bond acceptors (Lipinski definition) is 6. The number of ether oxygens (including phenoxy) is 2. The third kappa shape index (κ3) is 4.54. The van der Waals surface area contributed by atoms with Crippen LogP contribution < -0.4 is 10.1 Å². The van der Waals surface area contributed by atoms with E-state index < -0.39 is 5.97 Å². The zero-order chi connectivity index (χ0) is 21.2. The summed E-state index contributed by atoms with van der Waals surface area (Å²) in [5.74, 6) is 1.37. The number of anilines is 2. The zero-order valence-electron chi connectivity index (χ0n) is 17.0. The second-order valence-electron chi connectivity index (χ2n) is 7.97. The van der Waals surface area contributed by atoms with Gasteiger partial charge in [-0.1, -0.05) is 6.07 Å². The van der Waals surface area contributed by atoms with E-state index in [1.807, 2.05) is 10.9 Å². The zero-order valence-corrected chi connectivity index (χ0v) is 17.0. The van der Waals surface area contributed by atoms with Crippen LogP contribution in [0.4, 0.5) is 11.5 Å². The van der Waals surface area contributed by atoms with Gasteiger partial charge in [-0.3, -0.25) is 4.68 Å². The molecule has 0 bridgehead atoms. The van der Waals surface area contributed by atoms with Crippen LogP contribution in [0, 0.1) is 0 Å². The highest BCUT2D eigenvalue weighted by atomic mass is 16.5. The predicted octanol–water partition coefficient (Wildman–Crippen LogP) is 4.74. The molecule has 160 valence electrons. The van der Waals surface area contributed by atoms with Gasteiger partial charge in [-0.25, -0.2) is 9.78 Å². The summed E-state index contributed by atoms with van der Waals surface area (Å²) >= 11 is 0. The molecule has 0 amide bonds. The maximum Gasteiger partial charge on any atom is 0.335 e. The van der Waals surface area contributed by atoms with Gasteiger partial charge in [0.25, 0.3) is 0 Å². The number of carbonyl (C=O) groups is 1. The highest BCUT2D eigenvalue weighted by Gasteiger charge is 2.29. The van der Waals surface area contributed by atoms with Crippen molar-refractivity contribution in [3.05, 3.63) is 60.0 Å². The first kappa shape index (κ1) is 19.6. The van der Waals surface area contributed by atoms with Crippen molar-refractivity contribution in [2.75, 3.05) is 18.5 Å². The van der Waals surface area contributed by atoms with Crippen LogP contribution in [-0.4, -0.2) is 39.1 Å². The molecule has 1 aliphatic carbocycles. The van der Waals surface area contributed by atoms with Gasteiger partial charge in [0.15, 0.2) is 5.75 Å². The summed E-state index contributed by atoms with van der Waals surface area (Å²) in [4.78, 5) is 15.5. The van der Waals surface area contributed by atoms with Crippen LogP contribution in [0.25, 0.3) is 0 Å². The molecular weight excluding hydrogens is 396 g/mol. The number of nitrogens with zero attached hydrogens (tertiary/aromatic N) is 3. The van der Waals surface area contributed by atoms with Gasteiger partial charge >= 0.3 is 5.97 Å². The van der Waals surface area contributed by atoms with E-state index >= 15 is 0 Å². The smallest absolute Gasteiger partial charge is 0.335 e. The molecule has 1 aromatic carbocycles. The second kappa shape index (κ2) is 8.39. The van der Waals surface area contributed by atoms with Gasteiger partial charge in [0.05, 0.1) is 17.8 Å². The minimum absolute atomic E-state index is 0.214. The summed E-state index contributed by atoms with van der Waals surface area (Å²) in [6.45, 7) is 1.50. The Labute approximate surface area is 179 Å². The Bertz CT molecular complexity index is 1090. The number of benzene rings is 1. The lowest BCUT2D eigenvalue weighted by Crippen LogP contribution is -2.15. The van der Waals surface area contributed by atoms with Crippen molar-refractivity contribution in [3.63, 3.8) is 0 Å². The monoisotopic (exact) mass is 420 g/mol. The largest absolute Gasteiger partial charge is 0.478 e. The Kier molecular flexibility index (Phi) is 5.30. The first-order chi connectivity index (χ1) is 15.2. The summed E-state index contributed by atoms with van der Waals surface area (Å²) in [6, 6.07) is 10.7. The molecule has 1 saturated carbocycles. The lowest BCUT2D eigenvalue weighted by Gasteiger charge is -2.21. The Hall–Kier alpha value is -3.39. The van der Waals surface area contributed by atoms with Crippen LogP contribution in [0.15, 0.2) is 48.8 Å². The van der Waals surface area contributed by atoms with Crippen molar-refractivity contribution in [1.29, 1.82) is 0 Å². The number of carboxylic acid groups (broad SMARTS) is 1. The molecule has 0 radical (unpaired) electrons. The van der Waals surface area contributed by atoms with Crippen molar-refractivity contribution in [2.45, 2.75) is 37.6 Å². The normalized spacial score (nSPS) is 16.8. The van der Waals surface area contributed by atoms with Crippen molar-refractivity contribution in [1.82, 2.24) is 14.8 Å².